The Hall–Kier alpha value is -1.37. The first kappa shape index (κ1) is 17.0. The second kappa shape index (κ2) is 8.31. The van der Waals surface area contributed by atoms with Crippen molar-refractivity contribution in [3.8, 4) is 0 Å². The lowest BCUT2D eigenvalue weighted by molar-refractivity contribution is -0.116. The summed E-state index contributed by atoms with van der Waals surface area (Å²) < 4.78 is 6.90. The maximum Gasteiger partial charge on any atom is 0.244 e. The molecule has 1 aliphatic rings. The van der Waals surface area contributed by atoms with Gasteiger partial charge in [0.15, 0.2) is 0 Å². The van der Waals surface area contributed by atoms with E-state index in [1.165, 1.54) is 6.08 Å². The zero-order valence-electron chi connectivity index (χ0n) is 13.1. The fraction of sp³-hybridized carbons (Fsp3) is 0.600. The summed E-state index contributed by atoms with van der Waals surface area (Å²) in [6.45, 7) is 7.09. The average molecular weight is 327 g/mol. The maximum atomic E-state index is 11.8. The number of nitrogens with zero attached hydrogens (tertiary/aromatic N) is 3. The first-order valence-electron chi connectivity index (χ1n) is 7.53. The molecule has 0 spiro atoms. The monoisotopic (exact) mass is 326 g/mol. The summed E-state index contributed by atoms with van der Waals surface area (Å²) in [6, 6.07) is 0. The maximum absolute atomic E-state index is 11.8. The quantitative estimate of drug-likeness (QED) is 0.631. The van der Waals surface area contributed by atoms with Crippen LogP contribution in [0.15, 0.2) is 6.08 Å². The van der Waals surface area contributed by atoms with E-state index in [4.69, 9.17) is 16.3 Å². The molecule has 7 heteroatoms. The number of morpholine rings is 1. The van der Waals surface area contributed by atoms with Crippen molar-refractivity contribution < 1.29 is 9.53 Å². The van der Waals surface area contributed by atoms with E-state index in [1.54, 1.807) is 17.8 Å². The van der Waals surface area contributed by atoms with Gasteiger partial charge in [-0.3, -0.25) is 14.4 Å². The molecular weight excluding hydrogens is 304 g/mol. The van der Waals surface area contributed by atoms with Crippen molar-refractivity contribution in [3.63, 3.8) is 0 Å². The minimum Gasteiger partial charge on any atom is -0.379 e. The third-order valence-electron chi connectivity index (χ3n) is 3.65. The number of nitrogens with one attached hydrogen (secondary N) is 1. The van der Waals surface area contributed by atoms with E-state index < -0.39 is 0 Å². The Morgan fingerprint density at radius 3 is 2.82 bits per heavy atom. The third-order valence-corrected chi connectivity index (χ3v) is 4.10. The van der Waals surface area contributed by atoms with Gasteiger partial charge in [0.25, 0.3) is 0 Å². The first-order chi connectivity index (χ1) is 10.6. The first-order valence-corrected chi connectivity index (χ1v) is 7.91. The lowest BCUT2D eigenvalue weighted by atomic mass is 10.2. The summed E-state index contributed by atoms with van der Waals surface area (Å²) in [5.41, 5.74) is 1.59. The number of hydrogen-bond acceptors (Lipinski definition) is 4. The van der Waals surface area contributed by atoms with Crippen LogP contribution in [-0.2, 0) is 16.6 Å². The second-order valence-electron chi connectivity index (χ2n) is 5.35. The number of carbonyl (C=O) groups excluding carboxylic acids is 1. The Morgan fingerprint density at radius 1 is 1.45 bits per heavy atom. The van der Waals surface area contributed by atoms with Crippen LogP contribution in [0.5, 0.6) is 0 Å². The molecule has 1 aromatic heterocycles. The number of hydrogen-bond donors (Lipinski definition) is 1. The molecule has 0 bridgehead atoms. The number of amides is 1. The summed E-state index contributed by atoms with van der Waals surface area (Å²) in [7, 11) is 1.78. The van der Waals surface area contributed by atoms with E-state index in [1.807, 2.05) is 6.92 Å². The number of rotatable bonds is 6. The minimum absolute atomic E-state index is 0.110. The van der Waals surface area contributed by atoms with Gasteiger partial charge in [-0.25, -0.2) is 0 Å². The normalized spacial score (nSPS) is 16.3. The van der Waals surface area contributed by atoms with Crippen molar-refractivity contribution >= 4 is 23.6 Å². The molecule has 122 valence electrons. The van der Waals surface area contributed by atoms with Gasteiger partial charge < -0.3 is 10.1 Å². The third kappa shape index (κ3) is 4.83. The molecule has 2 rings (SSSR count). The molecule has 1 fully saturated rings. The smallest absolute Gasteiger partial charge is 0.244 e. The van der Waals surface area contributed by atoms with Gasteiger partial charge in [-0.1, -0.05) is 11.6 Å². The molecule has 0 aliphatic carbocycles. The number of aryl methyl sites for hydroxylation is 2. The molecule has 1 amide bonds. The van der Waals surface area contributed by atoms with Gasteiger partial charge in [-0.05, 0) is 26.0 Å². The van der Waals surface area contributed by atoms with Gasteiger partial charge in [-0.15, -0.1) is 0 Å². The highest BCUT2D eigenvalue weighted by Gasteiger charge is 2.10. The van der Waals surface area contributed by atoms with Crippen LogP contribution in [0.2, 0.25) is 5.15 Å². The van der Waals surface area contributed by atoms with Crippen LogP contribution in [0, 0.1) is 6.92 Å². The number of aromatic nitrogens is 2. The van der Waals surface area contributed by atoms with Crippen molar-refractivity contribution in [2.45, 2.75) is 13.3 Å². The van der Waals surface area contributed by atoms with Gasteiger partial charge in [0.2, 0.25) is 5.91 Å². The molecule has 1 saturated heterocycles. The zero-order valence-corrected chi connectivity index (χ0v) is 13.9. The van der Waals surface area contributed by atoms with Crippen LogP contribution in [0.4, 0.5) is 0 Å². The van der Waals surface area contributed by atoms with Crippen LogP contribution < -0.4 is 5.32 Å². The highest BCUT2D eigenvalue weighted by molar-refractivity contribution is 6.31. The molecule has 1 aromatic rings. The zero-order chi connectivity index (χ0) is 15.9. The fourth-order valence-corrected chi connectivity index (χ4v) is 2.63. The second-order valence-corrected chi connectivity index (χ2v) is 5.70. The van der Waals surface area contributed by atoms with Gasteiger partial charge in [-0.2, -0.15) is 5.10 Å². The molecule has 22 heavy (non-hydrogen) atoms. The molecule has 0 atom stereocenters. The molecule has 0 saturated carbocycles. The topological polar surface area (TPSA) is 59.4 Å². The van der Waals surface area contributed by atoms with Gasteiger partial charge in [0, 0.05) is 38.3 Å². The van der Waals surface area contributed by atoms with Crippen molar-refractivity contribution in [1.82, 2.24) is 20.0 Å². The molecule has 1 N–H and O–H groups in total. The molecule has 2 heterocycles. The standard InChI is InChI=1S/C15H23ClN4O2/c1-12-13(15(16)19(2)18-12)4-5-14(21)17-6-3-7-20-8-10-22-11-9-20/h4-5H,3,6-11H2,1-2H3,(H,17,21)/b5-4+. The van der Waals surface area contributed by atoms with E-state index >= 15 is 0 Å². The van der Waals surface area contributed by atoms with Crippen molar-refractivity contribution in [1.29, 1.82) is 0 Å². The summed E-state index contributed by atoms with van der Waals surface area (Å²) in [4.78, 5) is 14.1. The van der Waals surface area contributed by atoms with Crippen molar-refractivity contribution in [2.75, 3.05) is 39.4 Å². The van der Waals surface area contributed by atoms with Crippen molar-refractivity contribution in [2.24, 2.45) is 7.05 Å². The molecule has 1 aliphatic heterocycles. The van der Waals surface area contributed by atoms with E-state index in [0.717, 1.165) is 50.5 Å². The van der Waals surface area contributed by atoms with Gasteiger partial charge in [0.05, 0.1) is 18.9 Å². The van der Waals surface area contributed by atoms with E-state index in [-0.39, 0.29) is 5.91 Å². The largest absolute Gasteiger partial charge is 0.379 e. The van der Waals surface area contributed by atoms with E-state index in [9.17, 15) is 4.79 Å². The molecule has 0 unspecified atom stereocenters. The van der Waals surface area contributed by atoms with Gasteiger partial charge >= 0.3 is 0 Å². The number of halogens is 1. The SMILES string of the molecule is Cc1nn(C)c(Cl)c1/C=C/C(=O)NCCCN1CCOCC1. The number of ether oxygens (including phenoxy) is 1. The van der Waals surface area contributed by atoms with E-state index in [0.29, 0.717) is 11.7 Å². The van der Waals surface area contributed by atoms with Crippen molar-refractivity contribution in [3.05, 3.63) is 22.5 Å². The highest BCUT2D eigenvalue weighted by Crippen LogP contribution is 2.19. The Balaban J connectivity index is 1.70. The molecular formula is C15H23ClN4O2. The lowest BCUT2D eigenvalue weighted by Crippen LogP contribution is -2.38. The van der Waals surface area contributed by atoms with Crippen LogP contribution in [0.1, 0.15) is 17.7 Å². The highest BCUT2D eigenvalue weighted by atomic mass is 35.5. The summed E-state index contributed by atoms with van der Waals surface area (Å²) in [5, 5.41) is 7.62. The average Bonchev–Trinajstić information content (AvgIpc) is 2.76. The van der Waals surface area contributed by atoms with Crippen LogP contribution in [0.25, 0.3) is 6.08 Å². The van der Waals surface area contributed by atoms with Gasteiger partial charge in [0.1, 0.15) is 5.15 Å². The summed E-state index contributed by atoms with van der Waals surface area (Å²) in [5.74, 6) is -0.110. The Morgan fingerprint density at radius 2 is 2.18 bits per heavy atom. The van der Waals surface area contributed by atoms with Crippen LogP contribution in [-0.4, -0.2) is 60.0 Å². The Bertz CT molecular complexity index is 536. The number of carbonyl (C=O) groups is 1. The minimum atomic E-state index is -0.110. The predicted molar refractivity (Wildman–Crippen MR) is 86.9 cm³/mol. The van der Waals surface area contributed by atoms with E-state index in [2.05, 4.69) is 15.3 Å². The van der Waals surface area contributed by atoms with Crippen LogP contribution >= 0.6 is 11.6 Å². The molecule has 0 radical (unpaired) electrons. The fourth-order valence-electron chi connectivity index (χ4n) is 2.39. The summed E-state index contributed by atoms with van der Waals surface area (Å²) in [6.07, 6.45) is 4.15. The van der Waals surface area contributed by atoms with Crippen LogP contribution in [0.3, 0.4) is 0 Å². The molecule has 0 aromatic carbocycles. The Kier molecular flexibility index (Phi) is 6.42. The summed E-state index contributed by atoms with van der Waals surface area (Å²) >= 11 is 6.11. The Labute approximate surface area is 136 Å². The predicted octanol–water partition coefficient (Wildman–Crippen LogP) is 1.23. The lowest BCUT2D eigenvalue weighted by Gasteiger charge is -2.26. The molecule has 6 nitrogen and oxygen atoms in total.